The lowest BCUT2D eigenvalue weighted by atomic mass is 10.0. The molecule has 1 saturated heterocycles. The van der Waals surface area contributed by atoms with Gasteiger partial charge in [0.05, 0.1) is 0 Å². The molecule has 1 aliphatic carbocycles. The van der Waals surface area contributed by atoms with Crippen molar-refractivity contribution in [3.8, 4) is 0 Å². The van der Waals surface area contributed by atoms with E-state index in [0.29, 0.717) is 37.0 Å². The standard InChI is InChI=1S/C20H26N4O3/c21-16-3-1-2-13(16)10-22-9-12-4-5-14-11-24(20(27)15(14)8-12)17-6-7-18(25)23-19(17)26/h4-5,8,13,16-17,22H,1-3,6-7,9-11,21H2,(H,23,25,26). The van der Waals surface area contributed by atoms with Gasteiger partial charge in [-0.1, -0.05) is 18.6 Å². The Morgan fingerprint density at radius 1 is 1.19 bits per heavy atom. The van der Waals surface area contributed by atoms with Gasteiger partial charge in [0.1, 0.15) is 6.04 Å². The third-order valence-electron chi connectivity index (χ3n) is 6.05. The van der Waals surface area contributed by atoms with Gasteiger partial charge in [0.15, 0.2) is 0 Å². The predicted molar refractivity (Wildman–Crippen MR) is 99.5 cm³/mol. The van der Waals surface area contributed by atoms with Gasteiger partial charge in [-0.05, 0) is 48.9 Å². The number of hydrogen-bond acceptors (Lipinski definition) is 5. The number of carbonyl (C=O) groups excluding carboxylic acids is 3. The molecule has 4 N–H and O–H groups in total. The molecule has 3 unspecified atom stereocenters. The van der Waals surface area contributed by atoms with Gasteiger partial charge < -0.3 is 16.0 Å². The highest BCUT2D eigenvalue weighted by molar-refractivity contribution is 6.05. The topological polar surface area (TPSA) is 105 Å². The van der Waals surface area contributed by atoms with Gasteiger partial charge >= 0.3 is 0 Å². The first kappa shape index (κ1) is 18.1. The molecule has 3 atom stereocenters. The maximum absolute atomic E-state index is 12.8. The molecule has 1 saturated carbocycles. The van der Waals surface area contributed by atoms with Gasteiger partial charge in [0.2, 0.25) is 11.8 Å². The van der Waals surface area contributed by atoms with Crippen LogP contribution in [0.4, 0.5) is 0 Å². The van der Waals surface area contributed by atoms with Crippen molar-refractivity contribution in [2.75, 3.05) is 6.54 Å². The molecular weight excluding hydrogens is 344 g/mol. The van der Waals surface area contributed by atoms with Crippen molar-refractivity contribution >= 4 is 17.7 Å². The van der Waals surface area contributed by atoms with Gasteiger partial charge in [0, 0.05) is 31.1 Å². The van der Waals surface area contributed by atoms with E-state index in [2.05, 4.69) is 10.6 Å². The second-order valence-electron chi connectivity index (χ2n) is 7.88. The van der Waals surface area contributed by atoms with E-state index < -0.39 is 6.04 Å². The SMILES string of the molecule is NC1CCCC1CNCc1ccc2c(c1)C(=O)N(C1CCC(=O)NC1=O)C2. The van der Waals surface area contributed by atoms with E-state index in [1.54, 1.807) is 4.90 Å². The number of fused-ring (bicyclic) bond motifs is 1. The van der Waals surface area contributed by atoms with Crippen LogP contribution in [0.15, 0.2) is 18.2 Å². The Bertz CT molecular complexity index is 778. The summed E-state index contributed by atoms with van der Waals surface area (Å²) >= 11 is 0. The van der Waals surface area contributed by atoms with Crippen molar-refractivity contribution in [3.63, 3.8) is 0 Å². The molecule has 3 aliphatic rings. The molecule has 2 fully saturated rings. The summed E-state index contributed by atoms with van der Waals surface area (Å²) in [7, 11) is 0. The average Bonchev–Trinajstić information content (AvgIpc) is 3.19. The third kappa shape index (κ3) is 3.61. The number of nitrogens with two attached hydrogens (primary N) is 1. The summed E-state index contributed by atoms with van der Waals surface area (Å²) in [5.74, 6) is -0.235. The maximum atomic E-state index is 12.8. The minimum absolute atomic E-state index is 0.126. The predicted octanol–water partition coefficient (Wildman–Crippen LogP) is 0.665. The number of carbonyl (C=O) groups is 3. The summed E-state index contributed by atoms with van der Waals surface area (Å²) in [6.45, 7) is 2.02. The minimum atomic E-state index is -0.562. The first-order valence-corrected chi connectivity index (χ1v) is 9.75. The van der Waals surface area contributed by atoms with E-state index in [4.69, 9.17) is 5.73 Å². The van der Waals surface area contributed by atoms with E-state index in [-0.39, 0.29) is 24.1 Å². The quantitative estimate of drug-likeness (QED) is 0.661. The number of imide groups is 1. The fourth-order valence-corrected chi connectivity index (χ4v) is 4.43. The maximum Gasteiger partial charge on any atom is 0.255 e. The normalized spacial score (nSPS) is 27.8. The number of rotatable bonds is 5. The van der Waals surface area contributed by atoms with Gasteiger partial charge in [0.25, 0.3) is 5.91 Å². The van der Waals surface area contributed by atoms with E-state index in [0.717, 1.165) is 24.1 Å². The van der Waals surface area contributed by atoms with E-state index in [1.807, 2.05) is 18.2 Å². The van der Waals surface area contributed by atoms with Crippen molar-refractivity contribution < 1.29 is 14.4 Å². The lowest BCUT2D eigenvalue weighted by Gasteiger charge is -2.29. The van der Waals surface area contributed by atoms with Gasteiger partial charge in [-0.2, -0.15) is 0 Å². The molecule has 7 nitrogen and oxygen atoms in total. The van der Waals surface area contributed by atoms with Crippen LogP contribution in [0.2, 0.25) is 0 Å². The minimum Gasteiger partial charge on any atom is -0.327 e. The molecule has 2 heterocycles. The molecule has 2 aliphatic heterocycles. The Balaban J connectivity index is 1.39. The number of hydrogen-bond donors (Lipinski definition) is 3. The van der Waals surface area contributed by atoms with Crippen LogP contribution >= 0.6 is 0 Å². The molecule has 0 bridgehead atoms. The first-order valence-electron chi connectivity index (χ1n) is 9.75. The van der Waals surface area contributed by atoms with Crippen LogP contribution in [0, 0.1) is 5.92 Å². The van der Waals surface area contributed by atoms with Crippen molar-refractivity contribution in [2.24, 2.45) is 11.7 Å². The van der Waals surface area contributed by atoms with Crippen molar-refractivity contribution in [2.45, 2.75) is 57.3 Å². The highest BCUT2D eigenvalue weighted by Crippen LogP contribution is 2.28. The molecule has 0 spiro atoms. The van der Waals surface area contributed by atoms with Crippen LogP contribution < -0.4 is 16.4 Å². The van der Waals surface area contributed by atoms with Gasteiger partial charge in [-0.15, -0.1) is 0 Å². The number of nitrogens with one attached hydrogen (secondary N) is 2. The van der Waals surface area contributed by atoms with Crippen LogP contribution in [0.1, 0.15) is 53.6 Å². The molecular formula is C20H26N4O3. The largest absolute Gasteiger partial charge is 0.327 e. The van der Waals surface area contributed by atoms with E-state index >= 15 is 0 Å². The van der Waals surface area contributed by atoms with E-state index in [1.165, 1.54) is 12.8 Å². The molecule has 27 heavy (non-hydrogen) atoms. The summed E-state index contributed by atoms with van der Waals surface area (Å²) < 4.78 is 0. The smallest absolute Gasteiger partial charge is 0.255 e. The van der Waals surface area contributed by atoms with E-state index in [9.17, 15) is 14.4 Å². The Hall–Kier alpha value is -2.25. The zero-order valence-electron chi connectivity index (χ0n) is 15.4. The molecule has 0 radical (unpaired) electrons. The highest BCUT2D eigenvalue weighted by atomic mass is 16.2. The number of amides is 3. The lowest BCUT2D eigenvalue weighted by Crippen LogP contribution is -2.52. The van der Waals surface area contributed by atoms with Crippen LogP contribution in [0.25, 0.3) is 0 Å². The molecule has 3 amide bonds. The van der Waals surface area contributed by atoms with Crippen LogP contribution in [0.5, 0.6) is 0 Å². The zero-order valence-corrected chi connectivity index (χ0v) is 15.4. The van der Waals surface area contributed by atoms with Crippen molar-refractivity contribution in [1.82, 2.24) is 15.5 Å². The Morgan fingerprint density at radius 2 is 2.04 bits per heavy atom. The number of benzene rings is 1. The lowest BCUT2D eigenvalue weighted by molar-refractivity contribution is -0.136. The van der Waals surface area contributed by atoms with Crippen molar-refractivity contribution in [1.29, 1.82) is 0 Å². The summed E-state index contributed by atoms with van der Waals surface area (Å²) in [5.41, 5.74) is 8.77. The molecule has 144 valence electrons. The third-order valence-corrected chi connectivity index (χ3v) is 6.05. The zero-order chi connectivity index (χ0) is 19.0. The van der Waals surface area contributed by atoms with Crippen LogP contribution in [0.3, 0.4) is 0 Å². The molecule has 4 rings (SSSR count). The number of piperidine rings is 1. The number of nitrogens with zero attached hydrogens (tertiary/aromatic N) is 1. The average molecular weight is 370 g/mol. The Labute approximate surface area is 158 Å². The molecule has 1 aromatic carbocycles. The molecule has 0 aromatic heterocycles. The molecule has 7 heteroatoms. The highest BCUT2D eigenvalue weighted by Gasteiger charge is 2.39. The second kappa shape index (κ2) is 7.40. The Kier molecular flexibility index (Phi) is 4.97. The fourth-order valence-electron chi connectivity index (χ4n) is 4.43. The summed E-state index contributed by atoms with van der Waals surface area (Å²) in [4.78, 5) is 37.9. The fraction of sp³-hybridized carbons (Fsp3) is 0.550. The summed E-state index contributed by atoms with van der Waals surface area (Å²) in [6, 6.07) is 5.65. The second-order valence-corrected chi connectivity index (χ2v) is 7.88. The van der Waals surface area contributed by atoms with Crippen molar-refractivity contribution in [3.05, 3.63) is 34.9 Å². The summed E-state index contributed by atoms with van der Waals surface area (Å²) in [6.07, 6.45) is 4.15. The van der Waals surface area contributed by atoms with Crippen LogP contribution in [-0.2, 0) is 22.7 Å². The van der Waals surface area contributed by atoms with Crippen LogP contribution in [-0.4, -0.2) is 41.2 Å². The van der Waals surface area contributed by atoms with Gasteiger partial charge in [-0.3, -0.25) is 19.7 Å². The first-order chi connectivity index (χ1) is 13.0. The Morgan fingerprint density at radius 3 is 2.78 bits per heavy atom. The monoisotopic (exact) mass is 370 g/mol. The van der Waals surface area contributed by atoms with Gasteiger partial charge in [-0.25, -0.2) is 0 Å². The summed E-state index contributed by atoms with van der Waals surface area (Å²) in [5, 5.41) is 5.79. The molecule has 1 aromatic rings.